The second-order valence-corrected chi connectivity index (χ2v) is 7.37. The van der Waals surface area contributed by atoms with Gasteiger partial charge >= 0.3 is 0 Å². The van der Waals surface area contributed by atoms with E-state index in [0.29, 0.717) is 12.1 Å². The minimum Gasteiger partial charge on any atom is -0.340 e. The molecule has 0 aromatic heterocycles. The lowest BCUT2D eigenvalue weighted by Gasteiger charge is -2.27. The zero-order valence-electron chi connectivity index (χ0n) is 17.0. The van der Waals surface area contributed by atoms with Gasteiger partial charge in [0.1, 0.15) is 6.04 Å². The van der Waals surface area contributed by atoms with Crippen LogP contribution in [0.25, 0.3) is 0 Å². The van der Waals surface area contributed by atoms with Gasteiger partial charge in [-0.15, -0.1) is 0 Å². The number of carbonyl (C=O) groups excluding carboxylic acids is 2. The number of likely N-dealkylation sites (N-methyl/N-ethyl adjacent to an activating group) is 1. The predicted molar refractivity (Wildman–Crippen MR) is 110 cm³/mol. The van der Waals surface area contributed by atoms with Crippen molar-refractivity contribution in [3.05, 3.63) is 70.8 Å². The standard InChI is InChI=1S/C23H30N2O2/c1-6-18-11-13-19(14-12-18)15-25(5)23(27)21(16(2)3)24-22(26)20-10-8-7-9-17(20)4/h7-14,16,21H,6,15H2,1-5H3,(H,24,26). The average molecular weight is 367 g/mol. The van der Waals surface area contributed by atoms with E-state index < -0.39 is 6.04 Å². The third-order valence-corrected chi connectivity index (χ3v) is 4.84. The molecule has 0 heterocycles. The van der Waals surface area contributed by atoms with E-state index in [-0.39, 0.29) is 17.7 Å². The van der Waals surface area contributed by atoms with Gasteiger partial charge in [0.15, 0.2) is 0 Å². The normalized spacial score (nSPS) is 11.9. The Balaban J connectivity index is 2.09. The first kappa shape index (κ1) is 20.7. The number of aryl methyl sites for hydroxylation is 2. The fourth-order valence-corrected chi connectivity index (χ4v) is 3.03. The highest BCUT2D eigenvalue weighted by Gasteiger charge is 2.27. The van der Waals surface area contributed by atoms with Crippen LogP contribution in [0.3, 0.4) is 0 Å². The Bertz CT molecular complexity index is 781. The topological polar surface area (TPSA) is 49.4 Å². The van der Waals surface area contributed by atoms with E-state index in [2.05, 4.69) is 36.5 Å². The second kappa shape index (κ2) is 9.36. The molecule has 0 saturated carbocycles. The molecule has 0 aliphatic rings. The van der Waals surface area contributed by atoms with E-state index in [1.807, 2.05) is 39.0 Å². The summed E-state index contributed by atoms with van der Waals surface area (Å²) in [7, 11) is 1.78. The maximum atomic E-state index is 13.0. The van der Waals surface area contributed by atoms with E-state index in [4.69, 9.17) is 0 Å². The summed E-state index contributed by atoms with van der Waals surface area (Å²) in [4.78, 5) is 27.3. The third kappa shape index (κ3) is 5.43. The van der Waals surface area contributed by atoms with Crippen LogP contribution in [0.15, 0.2) is 48.5 Å². The summed E-state index contributed by atoms with van der Waals surface area (Å²) >= 11 is 0. The average Bonchev–Trinajstić information content (AvgIpc) is 2.66. The number of hydrogen-bond donors (Lipinski definition) is 1. The van der Waals surface area contributed by atoms with Gasteiger partial charge in [-0.3, -0.25) is 9.59 Å². The Morgan fingerprint density at radius 3 is 2.15 bits per heavy atom. The van der Waals surface area contributed by atoms with Crippen LogP contribution in [-0.4, -0.2) is 29.8 Å². The van der Waals surface area contributed by atoms with E-state index in [1.165, 1.54) is 5.56 Å². The molecule has 2 amide bonds. The quantitative estimate of drug-likeness (QED) is 0.806. The molecule has 0 fully saturated rings. The summed E-state index contributed by atoms with van der Waals surface area (Å²) in [6, 6.07) is 15.1. The Hall–Kier alpha value is -2.62. The molecule has 0 radical (unpaired) electrons. The molecule has 4 nitrogen and oxygen atoms in total. The molecule has 4 heteroatoms. The maximum absolute atomic E-state index is 13.0. The molecule has 0 bridgehead atoms. The highest BCUT2D eigenvalue weighted by atomic mass is 16.2. The second-order valence-electron chi connectivity index (χ2n) is 7.37. The van der Waals surface area contributed by atoms with Crippen LogP contribution >= 0.6 is 0 Å². The van der Waals surface area contributed by atoms with Gasteiger partial charge in [-0.1, -0.05) is 63.2 Å². The third-order valence-electron chi connectivity index (χ3n) is 4.84. The van der Waals surface area contributed by atoms with Crippen LogP contribution in [0.2, 0.25) is 0 Å². The Morgan fingerprint density at radius 2 is 1.59 bits per heavy atom. The van der Waals surface area contributed by atoms with Crippen molar-refractivity contribution in [3.63, 3.8) is 0 Å². The van der Waals surface area contributed by atoms with E-state index in [0.717, 1.165) is 17.5 Å². The first-order valence-corrected chi connectivity index (χ1v) is 9.52. The maximum Gasteiger partial charge on any atom is 0.252 e. The first-order valence-electron chi connectivity index (χ1n) is 9.52. The predicted octanol–water partition coefficient (Wildman–Crippen LogP) is 3.97. The zero-order chi connectivity index (χ0) is 20.0. The number of nitrogens with zero attached hydrogens (tertiary/aromatic N) is 1. The van der Waals surface area contributed by atoms with Crippen molar-refractivity contribution in [2.24, 2.45) is 5.92 Å². The minimum absolute atomic E-state index is 0.00427. The fraction of sp³-hybridized carbons (Fsp3) is 0.391. The van der Waals surface area contributed by atoms with Gasteiger partial charge in [0, 0.05) is 19.2 Å². The highest BCUT2D eigenvalue weighted by molar-refractivity contribution is 5.98. The molecule has 2 aromatic rings. The summed E-state index contributed by atoms with van der Waals surface area (Å²) in [5, 5.41) is 2.93. The van der Waals surface area contributed by atoms with Gasteiger partial charge in [-0.2, -0.15) is 0 Å². The van der Waals surface area contributed by atoms with E-state index in [9.17, 15) is 9.59 Å². The van der Waals surface area contributed by atoms with Crippen molar-refractivity contribution >= 4 is 11.8 Å². The molecule has 0 aliphatic carbocycles. The number of nitrogens with one attached hydrogen (secondary N) is 1. The Labute approximate surface area is 162 Å². The van der Waals surface area contributed by atoms with Crippen LogP contribution < -0.4 is 5.32 Å². The van der Waals surface area contributed by atoms with Crippen molar-refractivity contribution in [1.29, 1.82) is 0 Å². The van der Waals surface area contributed by atoms with Crippen molar-refractivity contribution in [2.45, 2.75) is 46.7 Å². The van der Waals surface area contributed by atoms with Gasteiger partial charge in [0.05, 0.1) is 0 Å². The number of amides is 2. The molecule has 1 unspecified atom stereocenters. The first-order chi connectivity index (χ1) is 12.8. The van der Waals surface area contributed by atoms with Gasteiger partial charge in [0.2, 0.25) is 5.91 Å². The SMILES string of the molecule is CCc1ccc(CN(C)C(=O)C(NC(=O)c2ccccc2C)C(C)C)cc1. The van der Waals surface area contributed by atoms with Crippen LogP contribution in [0.4, 0.5) is 0 Å². The molecular formula is C23H30N2O2. The van der Waals surface area contributed by atoms with Gasteiger partial charge in [-0.05, 0) is 42.0 Å². The van der Waals surface area contributed by atoms with Gasteiger partial charge in [-0.25, -0.2) is 0 Å². The van der Waals surface area contributed by atoms with E-state index >= 15 is 0 Å². The largest absolute Gasteiger partial charge is 0.340 e. The number of carbonyl (C=O) groups is 2. The molecule has 0 spiro atoms. The lowest BCUT2D eigenvalue weighted by Crippen LogP contribution is -2.50. The molecule has 27 heavy (non-hydrogen) atoms. The lowest BCUT2D eigenvalue weighted by atomic mass is 10.0. The molecule has 144 valence electrons. The highest BCUT2D eigenvalue weighted by Crippen LogP contribution is 2.13. The van der Waals surface area contributed by atoms with Crippen molar-refractivity contribution in [1.82, 2.24) is 10.2 Å². The number of rotatable bonds is 7. The van der Waals surface area contributed by atoms with Crippen molar-refractivity contribution in [3.8, 4) is 0 Å². The number of benzene rings is 2. The van der Waals surface area contributed by atoms with Gasteiger partial charge in [0.25, 0.3) is 5.91 Å². The smallest absolute Gasteiger partial charge is 0.252 e. The van der Waals surface area contributed by atoms with Crippen LogP contribution in [-0.2, 0) is 17.8 Å². The fourth-order valence-electron chi connectivity index (χ4n) is 3.03. The van der Waals surface area contributed by atoms with E-state index in [1.54, 1.807) is 18.0 Å². The molecule has 1 N–H and O–H groups in total. The molecule has 2 rings (SSSR count). The molecule has 0 saturated heterocycles. The summed E-state index contributed by atoms with van der Waals surface area (Å²) in [5.41, 5.74) is 3.86. The monoisotopic (exact) mass is 366 g/mol. The molecule has 0 aliphatic heterocycles. The lowest BCUT2D eigenvalue weighted by molar-refractivity contribution is -0.133. The summed E-state index contributed by atoms with van der Waals surface area (Å²) in [6.45, 7) is 8.43. The summed E-state index contributed by atoms with van der Waals surface area (Å²) < 4.78 is 0. The molecular weight excluding hydrogens is 336 g/mol. The van der Waals surface area contributed by atoms with Crippen molar-refractivity contribution in [2.75, 3.05) is 7.05 Å². The number of hydrogen-bond acceptors (Lipinski definition) is 2. The minimum atomic E-state index is -0.558. The summed E-state index contributed by atoms with van der Waals surface area (Å²) in [6.07, 6.45) is 0.995. The van der Waals surface area contributed by atoms with Crippen LogP contribution in [0.5, 0.6) is 0 Å². The van der Waals surface area contributed by atoms with Gasteiger partial charge < -0.3 is 10.2 Å². The van der Waals surface area contributed by atoms with Crippen LogP contribution in [0.1, 0.15) is 47.8 Å². The summed E-state index contributed by atoms with van der Waals surface area (Å²) in [5.74, 6) is -0.289. The molecule has 2 aromatic carbocycles. The van der Waals surface area contributed by atoms with Crippen molar-refractivity contribution < 1.29 is 9.59 Å². The molecule has 1 atom stereocenters. The Morgan fingerprint density at radius 1 is 1.00 bits per heavy atom. The Kier molecular flexibility index (Phi) is 7.17. The van der Waals surface area contributed by atoms with Crippen LogP contribution in [0, 0.1) is 12.8 Å². The zero-order valence-corrected chi connectivity index (χ0v) is 17.0.